The minimum atomic E-state index is -0.249. The summed E-state index contributed by atoms with van der Waals surface area (Å²) in [7, 11) is 0. The van der Waals surface area contributed by atoms with Gasteiger partial charge in [0, 0.05) is 21.7 Å². The standard InChI is InChI=1S/C18H12ClFN4S2/c19-13-2-1-3-16(8-13)24-11-21-23-18(24)26-10-15-9-25-17(22-15)12-4-6-14(20)7-5-12/h1-9,11H,10H2. The Morgan fingerprint density at radius 3 is 2.81 bits per heavy atom. The second kappa shape index (κ2) is 7.57. The van der Waals surface area contributed by atoms with E-state index in [0.717, 1.165) is 27.1 Å². The maximum Gasteiger partial charge on any atom is 0.195 e. The van der Waals surface area contributed by atoms with Gasteiger partial charge in [0.2, 0.25) is 0 Å². The van der Waals surface area contributed by atoms with Crippen molar-refractivity contribution in [2.45, 2.75) is 10.9 Å². The van der Waals surface area contributed by atoms with Crippen molar-refractivity contribution in [3.63, 3.8) is 0 Å². The van der Waals surface area contributed by atoms with Crippen molar-refractivity contribution in [2.75, 3.05) is 0 Å². The van der Waals surface area contributed by atoms with E-state index >= 15 is 0 Å². The lowest BCUT2D eigenvalue weighted by Crippen LogP contribution is -1.95. The monoisotopic (exact) mass is 402 g/mol. The summed E-state index contributed by atoms with van der Waals surface area (Å²) in [6, 6.07) is 13.9. The molecule has 2 aromatic heterocycles. The molecule has 0 spiro atoms. The van der Waals surface area contributed by atoms with Gasteiger partial charge in [0.15, 0.2) is 5.16 Å². The first kappa shape index (κ1) is 17.2. The van der Waals surface area contributed by atoms with E-state index in [-0.39, 0.29) is 5.82 Å². The molecular formula is C18H12ClFN4S2. The summed E-state index contributed by atoms with van der Waals surface area (Å²) < 4.78 is 14.9. The molecular weight excluding hydrogens is 391 g/mol. The zero-order chi connectivity index (χ0) is 17.9. The van der Waals surface area contributed by atoms with Gasteiger partial charge in [-0.1, -0.05) is 29.4 Å². The Morgan fingerprint density at radius 2 is 2.00 bits per heavy atom. The van der Waals surface area contributed by atoms with E-state index in [1.54, 1.807) is 41.6 Å². The maximum absolute atomic E-state index is 13.0. The Morgan fingerprint density at radius 1 is 1.15 bits per heavy atom. The van der Waals surface area contributed by atoms with Crippen LogP contribution in [0.4, 0.5) is 4.39 Å². The van der Waals surface area contributed by atoms with Gasteiger partial charge in [0.05, 0.1) is 11.4 Å². The van der Waals surface area contributed by atoms with E-state index < -0.39 is 0 Å². The van der Waals surface area contributed by atoms with Gasteiger partial charge in [0.25, 0.3) is 0 Å². The molecule has 0 saturated carbocycles. The van der Waals surface area contributed by atoms with Crippen LogP contribution in [0.1, 0.15) is 5.69 Å². The largest absolute Gasteiger partial charge is 0.277 e. The second-order valence-corrected chi connectivity index (χ2v) is 7.64. The number of hydrogen-bond acceptors (Lipinski definition) is 5. The van der Waals surface area contributed by atoms with Crippen LogP contribution >= 0.6 is 34.7 Å². The van der Waals surface area contributed by atoms with Crippen molar-refractivity contribution < 1.29 is 4.39 Å². The quantitative estimate of drug-likeness (QED) is 0.415. The average Bonchev–Trinajstić information content (AvgIpc) is 3.30. The molecule has 0 N–H and O–H groups in total. The Balaban J connectivity index is 1.49. The fourth-order valence-electron chi connectivity index (χ4n) is 2.36. The van der Waals surface area contributed by atoms with E-state index in [1.807, 2.05) is 34.2 Å². The lowest BCUT2D eigenvalue weighted by molar-refractivity contribution is 0.628. The van der Waals surface area contributed by atoms with Gasteiger partial charge in [-0.3, -0.25) is 4.57 Å². The van der Waals surface area contributed by atoms with Crippen LogP contribution < -0.4 is 0 Å². The average molecular weight is 403 g/mol. The van der Waals surface area contributed by atoms with Crippen molar-refractivity contribution in [2.24, 2.45) is 0 Å². The first-order valence-electron chi connectivity index (χ1n) is 7.68. The first-order valence-corrected chi connectivity index (χ1v) is 9.92. The molecule has 2 heterocycles. The van der Waals surface area contributed by atoms with Gasteiger partial charge in [-0.05, 0) is 42.5 Å². The number of rotatable bonds is 5. The molecule has 130 valence electrons. The van der Waals surface area contributed by atoms with Crippen LogP contribution in [0.3, 0.4) is 0 Å². The molecule has 0 bridgehead atoms. The molecule has 8 heteroatoms. The minimum absolute atomic E-state index is 0.249. The van der Waals surface area contributed by atoms with Crippen molar-refractivity contribution in [3.8, 4) is 16.3 Å². The lowest BCUT2D eigenvalue weighted by Gasteiger charge is -2.05. The summed E-state index contributed by atoms with van der Waals surface area (Å²) in [6.45, 7) is 0. The van der Waals surface area contributed by atoms with Crippen molar-refractivity contribution in [3.05, 3.63) is 76.8 Å². The van der Waals surface area contributed by atoms with Crippen LogP contribution in [0.15, 0.2) is 65.4 Å². The second-order valence-electron chi connectivity index (χ2n) is 5.40. The molecule has 2 aromatic carbocycles. The predicted molar refractivity (Wildman–Crippen MR) is 103 cm³/mol. The Labute approximate surface area is 162 Å². The SMILES string of the molecule is Fc1ccc(-c2nc(CSc3nncn3-c3cccc(Cl)c3)cs2)cc1. The summed E-state index contributed by atoms with van der Waals surface area (Å²) in [5.74, 6) is 0.415. The number of thioether (sulfide) groups is 1. The molecule has 0 aliphatic heterocycles. The normalized spacial score (nSPS) is 11.0. The van der Waals surface area contributed by atoms with Gasteiger partial charge in [-0.15, -0.1) is 21.5 Å². The predicted octanol–water partition coefficient (Wildman–Crippen LogP) is 5.48. The topological polar surface area (TPSA) is 43.6 Å². The van der Waals surface area contributed by atoms with Gasteiger partial charge in [0.1, 0.15) is 17.2 Å². The number of hydrogen-bond donors (Lipinski definition) is 0. The molecule has 4 nitrogen and oxygen atoms in total. The lowest BCUT2D eigenvalue weighted by atomic mass is 10.2. The number of aromatic nitrogens is 4. The van der Waals surface area contributed by atoms with E-state index in [4.69, 9.17) is 11.6 Å². The highest BCUT2D eigenvalue weighted by molar-refractivity contribution is 7.98. The van der Waals surface area contributed by atoms with Crippen LogP contribution in [-0.4, -0.2) is 19.7 Å². The summed E-state index contributed by atoms with van der Waals surface area (Å²) in [5, 5.41) is 12.5. The molecule has 0 unspecified atom stereocenters. The zero-order valence-corrected chi connectivity index (χ0v) is 15.7. The smallest absolute Gasteiger partial charge is 0.195 e. The Kier molecular flexibility index (Phi) is 5.01. The molecule has 0 amide bonds. The van der Waals surface area contributed by atoms with E-state index in [1.165, 1.54) is 12.1 Å². The van der Waals surface area contributed by atoms with Crippen molar-refractivity contribution in [1.82, 2.24) is 19.7 Å². The van der Waals surface area contributed by atoms with Crippen LogP contribution in [-0.2, 0) is 5.75 Å². The number of nitrogens with zero attached hydrogens (tertiary/aromatic N) is 4. The molecule has 4 aromatic rings. The Hall–Kier alpha value is -2.22. The fraction of sp³-hybridized carbons (Fsp3) is 0.0556. The maximum atomic E-state index is 13.0. The molecule has 0 atom stereocenters. The molecule has 0 fully saturated rings. The number of halogens is 2. The third-order valence-corrected chi connectivity index (χ3v) is 5.75. The Bertz CT molecular complexity index is 1030. The molecule has 4 rings (SSSR count). The van der Waals surface area contributed by atoms with Crippen molar-refractivity contribution >= 4 is 34.7 Å². The highest BCUT2D eigenvalue weighted by Crippen LogP contribution is 2.28. The third kappa shape index (κ3) is 3.80. The van der Waals surface area contributed by atoms with Gasteiger partial charge in [-0.25, -0.2) is 9.37 Å². The van der Waals surface area contributed by atoms with Gasteiger partial charge >= 0.3 is 0 Å². The van der Waals surface area contributed by atoms with Crippen molar-refractivity contribution in [1.29, 1.82) is 0 Å². The highest BCUT2D eigenvalue weighted by Gasteiger charge is 2.10. The van der Waals surface area contributed by atoms with Gasteiger partial charge in [-0.2, -0.15) is 0 Å². The van der Waals surface area contributed by atoms with E-state index in [0.29, 0.717) is 10.8 Å². The van der Waals surface area contributed by atoms with Gasteiger partial charge < -0.3 is 0 Å². The molecule has 0 saturated heterocycles. The molecule has 0 aliphatic carbocycles. The van der Waals surface area contributed by atoms with Crippen LogP contribution in [0.2, 0.25) is 5.02 Å². The summed E-state index contributed by atoms with van der Waals surface area (Å²) in [5.41, 5.74) is 2.77. The molecule has 0 radical (unpaired) electrons. The fourth-order valence-corrected chi connectivity index (χ4v) is 4.30. The van der Waals surface area contributed by atoms with E-state index in [2.05, 4.69) is 15.2 Å². The third-order valence-electron chi connectivity index (χ3n) is 3.59. The summed E-state index contributed by atoms with van der Waals surface area (Å²) in [6.07, 6.45) is 1.67. The first-order chi connectivity index (χ1) is 12.7. The minimum Gasteiger partial charge on any atom is -0.277 e. The highest BCUT2D eigenvalue weighted by atomic mass is 35.5. The molecule has 26 heavy (non-hydrogen) atoms. The van der Waals surface area contributed by atoms with Crippen LogP contribution in [0.5, 0.6) is 0 Å². The zero-order valence-electron chi connectivity index (χ0n) is 13.3. The van der Waals surface area contributed by atoms with E-state index in [9.17, 15) is 4.39 Å². The van der Waals surface area contributed by atoms with Crippen LogP contribution in [0.25, 0.3) is 16.3 Å². The number of thiazole rings is 1. The van der Waals surface area contributed by atoms with Crippen LogP contribution in [0, 0.1) is 5.82 Å². The summed E-state index contributed by atoms with van der Waals surface area (Å²) in [4.78, 5) is 4.62. The summed E-state index contributed by atoms with van der Waals surface area (Å²) >= 11 is 9.15. The molecule has 0 aliphatic rings. The number of benzene rings is 2.